The Hall–Kier alpha value is -2.97. The Morgan fingerprint density at radius 2 is 1.96 bits per heavy atom. The minimum atomic E-state index is -5.02. The lowest BCUT2D eigenvalue weighted by molar-refractivity contribution is -0.275. The molecule has 2 rings (SSSR count). The quantitative estimate of drug-likeness (QED) is 0.741. The molecule has 144 valence electrons. The number of nitrogens with zero attached hydrogens (tertiary/aromatic N) is 1. The highest BCUT2D eigenvalue weighted by atomic mass is 19.4. The van der Waals surface area contributed by atoms with Gasteiger partial charge in [-0.25, -0.2) is 4.39 Å². The fourth-order valence-electron chi connectivity index (χ4n) is 2.22. The van der Waals surface area contributed by atoms with Gasteiger partial charge < -0.3 is 10.1 Å². The maximum absolute atomic E-state index is 14.1. The minimum Gasteiger partial charge on any atom is -0.403 e. The van der Waals surface area contributed by atoms with Crippen molar-refractivity contribution in [2.45, 2.75) is 32.7 Å². The van der Waals surface area contributed by atoms with Gasteiger partial charge in [0.25, 0.3) is 5.91 Å². The molecule has 0 saturated heterocycles. The Bertz CT molecular complexity index is 838. The number of carbonyl (C=O) groups excluding carboxylic acids is 2. The molecule has 1 amide bonds. The molecule has 0 fully saturated rings. The number of ether oxygens (including phenoxy) is 1. The Balaban J connectivity index is 2.07. The Morgan fingerprint density at radius 3 is 2.63 bits per heavy atom. The van der Waals surface area contributed by atoms with E-state index in [4.69, 9.17) is 0 Å². The van der Waals surface area contributed by atoms with E-state index in [2.05, 4.69) is 15.0 Å². The second-order valence-electron chi connectivity index (χ2n) is 5.56. The molecule has 0 unspecified atom stereocenters. The lowest BCUT2D eigenvalue weighted by Gasteiger charge is -2.12. The smallest absolute Gasteiger partial charge is 0.403 e. The molecule has 0 aliphatic rings. The molecule has 1 aromatic heterocycles. The number of Topliss-reactive ketones (excluding diaryl/α,β-unsaturated/α-hetero) is 1. The predicted molar refractivity (Wildman–Crippen MR) is 87.5 cm³/mol. The van der Waals surface area contributed by atoms with Crippen molar-refractivity contribution in [2.75, 3.05) is 0 Å². The second-order valence-corrected chi connectivity index (χ2v) is 5.56. The number of nitrogens with one attached hydrogen (secondary N) is 1. The van der Waals surface area contributed by atoms with Crippen LogP contribution in [0.2, 0.25) is 0 Å². The molecular weight excluding hydrogens is 368 g/mol. The van der Waals surface area contributed by atoms with Crippen molar-refractivity contribution in [3.8, 4) is 5.75 Å². The summed E-state index contributed by atoms with van der Waals surface area (Å²) < 4.78 is 54.4. The van der Waals surface area contributed by atoms with Crippen LogP contribution in [0.1, 0.15) is 35.0 Å². The van der Waals surface area contributed by atoms with Crippen LogP contribution in [-0.4, -0.2) is 23.0 Å². The van der Waals surface area contributed by atoms with Crippen molar-refractivity contribution in [2.24, 2.45) is 0 Å². The maximum atomic E-state index is 14.1. The maximum Gasteiger partial charge on any atom is 0.573 e. The van der Waals surface area contributed by atoms with Crippen molar-refractivity contribution in [3.63, 3.8) is 0 Å². The van der Waals surface area contributed by atoms with Gasteiger partial charge >= 0.3 is 6.36 Å². The van der Waals surface area contributed by atoms with Crippen LogP contribution in [-0.2, 0) is 17.8 Å². The van der Waals surface area contributed by atoms with Crippen LogP contribution in [0, 0.1) is 5.82 Å². The van der Waals surface area contributed by atoms with Crippen LogP contribution in [0.15, 0.2) is 36.5 Å². The van der Waals surface area contributed by atoms with Gasteiger partial charge in [0.05, 0.1) is 0 Å². The van der Waals surface area contributed by atoms with Crippen LogP contribution in [0.3, 0.4) is 0 Å². The molecule has 5 nitrogen and oxygen atoms in total. The number of rotatable bonds is 7. The third-order valence-corrected chi connectivity index (χ3v) is 3.56. The average Bonchev–Trinajstić information content (AvgIpc) is 2.61. The van der Waals surface area contributed by atoms with E-state index in [0.717, 1.165) is 6.07 Å². The third kappa shape index (κ3) is 6.05. The number of amides is 1. The highest BCUT2D eigenvalue weighted by Crippen LogP contribution is 2.27. The third-order valence-electron chi connectivity index (χ3n) is 3.56. The van der Waals surface area contributed by atoms with E-state index in [1.165, 1.54) is 30.5 Å². The topological polar surface area (TPSA) is 68.3 Å². The SMILES string of the molecule is CCC(=O)Cc1cc(C(=O)NCc2cccc(OC(F)(F)F)c2F)ccn1. The number of alkyl halides is 3. The summed E-state index contributed by atoms with van der Waals surface area (Å²) in [7, 11) is 0. The van der Waals surface area contributed by atoms with Gasteiger partial charge in [0.15, 0.2) is 11.6 Å². The number of pyridine rings is 1. The molecule has 1 heterocycles. The first-order valence-electron chi connectivity index (χ1n) is 7.97. The fourth-order valence-corrected chi connectivity index (χ4v) is 2.22. The zero-order valence-corrected chi connectivity index (χ0v) is 14.3. The number of halogens is 4. The Kier molecular flexibility index (Phi) is 6.49. The van der Waals surface area contributed by atoms with E-state index in [9.17, 15) is 27.2 Å². The highest BCUT2D eigenvalue weighted by molar-refractivity contribution is 5.94. The summed E-state index contributed by atoms with van der Waals surface area (Å²) in [5.41, 5.74) is 0.453. The Morgan fingerprint density at radius 1 is 1.22 bits per heavy atom. The summed E-state index contributed by atoms with van der Waals surface area (Å²) in [5, 5.41) is 2.41. The van der Waals surface area contributed by atoms with Crippen LogP contribution in [0.25, 0.3) is 0 Å². The average molecular weight is 384 g/mol. The van der Waals surface area contributed by atoms with Crippen LogP contribution in [0.5, 0.6) is 5.75 Å². The number of ketones is 1. The molecule has 27 heavy (non-hydrogen) atoms. The molecule has 1 aromatic carbocycles. The summed E-state index contributed by atoms with van der Waals surface area (Å²) in [6, 6.07) is 6.11. The van der Waals surface area contributed by atoms with E-state index in [0.29, 0.717) is 12.1 Å². The first-order valence-corrected chi connectivity index (χ1v) is 7.97. The van der Waals surface area contributed by atoms with Gasteiger partial charge in [-0.15, -0.1) is 13.2 Å². The molecule has 1 N–H and O–H groups in total. The highest BCUT2D eigenvalue weighted by Gasteiger charge is 2.32. The summed E-state index contributed by atoms with van der Waals surface area (Å²) >= 11 is 0. The number of hydrogen-bond donors (Lipinski definition) is 1. The van der Waals surface area contributed by atoms with Gasteiger partial charge in [0, 0.05) is 42.4 Å². The van der Waals surface area contributed by atoms with E-state index >= 15 is 0 Å². The molecule has 9 heteroatoms. The van der Waals surface area contributed by atoms with Gasteiger partial charge in [-0.3, -0.25) is 14.6 Å². The number of carbonyl (C=O) groups is 2. The summed E-state index contributed by atoms with van der Waals surface area (Å²) in [6.45, 7) is 1.37. The summed E-state index contributed by atoms with van der Waals surface area (Å²) in [4.78, 5) is 27.7. The zero-order chi connectivity index (χ0) is 20.0. The van der Waals surface area contributed by atoms with E-state index < -0.39 is 23.8 Å². The lowest BCUT2D eigenvalue weighted by Crippen LogP contribution is -2.24. The largest absolute Gasteiger partial charge is 0.573 e. The van der Waals surface area contributed by atoms with Crippen molar-refractivity contribution < 1.29 is 31.9 Å². The van der Waals surface area contributed by atoms with Crippen molar-refractivity contribution >= 4 is 11.7 Å². The molecule has 0 aliphatic carbocycles. The second kappa shape index (κ2) is 8.61. The van der Waals surface area contributed by atoms with Gasteiger partial charge in [0.1, 0.15) is 5.78 Å². The van der Waals surface area contributed by atoms with Crippen molar-refractivity contribution in [3.05, 3.63) is 59.2 Å². The van der Waals surface area contributed by atoms with E-state index in [1.54, 1.807) is 6.92 Å². The molecular formula is C18H16F4N2O3. The van der Waals surface area contributed by atoms with Crippen molar-refractivity contribution in [1.82, 2.24) is 10.3 Å². The first kappa shape index (κ1) is 20.3. The molecule has 0 atom stereocenters. The van der Waals surface area contributed by atoms with Gasteiger partial charge in [0.2, 0.25) is 0 Å². The fraction of sp³-hybridized carbons (Fsp3) is 0.278. The van der Waals surface area contributed by atoms with Gasteiger partial charge in [-0.2, -0.15) is 0 Å². The van der Waals surface area contributed by atoms with Crippen LogP contribution in [0.4, 0.5) is 17.6 Å². The molecule has 0 spiro atoms. The number of aromatic nitrogens is 1. The zero-order valence-electron chi connectivity index (χ0n) is 14.3. The van der Waals surface area contributed by atoms with E-state index in [1.807, 2.05) is 0 Å². The summed E-state index contributed by atoms with van der Waals surface area (Å²) in [5.74, 6) is -2.80. The Labute approximate surface area is 152 Å². The monoisotopic (exact) mass is 384 g/mol. The predicted octanol–water partition coefficient (Wildman–Crippen LogP) is 3.57. The van der Waals surface area contributed by atoms with E-state index in [-0.39, 0.29) is 29.9 Å². The van der Waals surface area contributed by atoms with Gasteiger partial charge in [-0.05, 0) is 18.2 Å². The number of benzene rings is 1. The standard InChI is InChI=1S/C18H16F4N2O3/c1-2-14(25)9-13-8-11(6-7-23-13)17(26)24-10-12-4-3-5-15(16(12)19)27-18(20,21)22/h3-8H,2,9-10H2,1H3,(H,24,26). The summed E-state index contributed by atoms with van der Waals surface area (Å²) in [6.07, 6.45) is -3.23. The molecule has 0 bridgehead atoms. The molecule has 2 aromatic rings. The van der Waals surface area contributed by atoms with Crippen molar-refractivity contribution in [1.29, 1.82) is 0 Å². The number of hydrogen-bond acceptors (Lipinski definition) is 4. The molecule has 0 saturated carbocycles. The van der Waals surface area contributed by atoms with Gasteiger partial charge in [-0.1, -0.05) is 19.1 Å². The molecule has 0 radical (unpaired) electrons. The lowest BCUT2D eigenvalue weighted by atomic mass is 10.1. The normalized spacial score (nSPS) is 11.1. The first-order chi connectivity index (χ1) is 12.7. The van der Waals surface area contributed by atoms with Crippen LogP contribution < -0.4 is 10.1 Å². The van der Waals surface area contributed by atoms with Crippen LogP contribution >= 0.6 is 0 Å². The minimum absolute atomic E-state index is 0.0383. The molecule has 0 aliphatic heterocycles.